The van der Waals surface area contributed by atoms with Crippen molar-refractivity contribution in [3.05, 3.63) is 65.9 Å². The van der Waals surface area contributed by atoms with Gasteiger partial charge in [-0.2, -0.15) is 0 Å². The topological polar surface area (TPSA) is 44.9 Å². The lowest BCUT2D eigenvalue weighted by atomic mass is 10.0. The van der Waals surface area contributed by atoms with E-state index in [1.165, 1.54) is 11.3 Å². The number of unbranched alkanes of at least 4 members (excludes halogenated alkanes) is 2. The number of carbonyl (C=O) groups is 1. The van der Waals surface area contributed by atoms with Crippen LogP contribution in [0.5, 0.6) is 0 Å². The first kappa shape index (κ1) is 20.1. The van der Waals surface area contributed by atoms with Crippen molar-refractivity contribution < 1.29 is 4.79 Å². The Labute approximate surface area is 161 Å². The fourth-order valence-corrected chi connectivity index (χ4v) is 3.25. The average Bonchev–Trinajstić information content (AvgIpc) is 3.09. The summed E-state index contributed by atoms with van der Waals surface area (Å²) in [6.07, 6.45) is 6.59. The molecule has 0 spiro atoms. The number of Topliss-reactive ketones (excluding diaryl/α,β-unsaturated/α-hetero) is 1. The summed E-state index contributed by atoms with van der Waals surface area (Å²) >= 11 is 0. The third-order valence-electron chi connectivity index (χ3n) is 4.68. The Hall–Kier alpha value is -2.26. The van der Waals surface area contributed by atoms with Crippen LogP contribution in [0.15, 0.2) is 54.7 Å². The minimum Gasteiger partial charge on any atom is -0.385 e. The molecule has 3 aromatic rings. The van der Waals surface area contributed by atoms with Crippen molar-refractivity contribution >= 4 is 34.8 Å². The molecule has 2 N–H and O–H groups in total. The number of rotatable bonds is 9. The monoisotopic (exact) mass is 370 g/mol. The molecule has 1 heterocycles. The van der Waals surface area contributed by atoms with Crippen molar-refractivity contribution in [2.24, 2.45) is 0 Å². The fraction of sp³-hybridized carbons (Fsp3) is 0.318. The number of halogens is 1. The number of aromatic nitrogens is 1. The fourth-order valence-electron chi connectivity index (χ4n) is 3.25. The number of aromatic amines is 1. The smallest absolute Gasteiger partial charge is 0.165 e. The number of nitrogens with one attached hydrogen (secondary N) is 2. The number of aryl methyl sites for hydroxylation is 1. The summed E-state index contributed by atoms with van der Waals surface area (Å²) in [5.74, 6) is 0.238. The van der Waals surface area contributed by atoms with Crippen LogP contribution in [0.2, 0.25) is 0 Å². The second-order valence-corrected chi connectivity index (χ2v) is 6.42. The number of ketones is 1. The molecule has 0 atom stereocenters. The highest BCUT2D eigenvalue weighted by molar-refractivity contribution is 6.07. The molecule has 3 nitrogen and oxygen atoms in total. The zero-order valence-corrected chi connectivity index (χ0v) is 16.1. The van der Waals surface area contributed by atoms with Gasteiger partial charge in [-0.15, -0.1) is 12.4 Å². The number of anilines is 1. The van der Waals surface area contributed by atoms with Crippen LogP contribution in [0.4, 0.5) is 5.69 Å². The molecule has 0 aliphatic heterocycles. The molecule has 0 aliphatic rings. The molecule has 3 rings (SSSR count). The SMILES string of the molecule is CCc1ccccc1NCCCCCC(=O)c1c[nH]c2ccccc12.Cl. The van der Waals surface area contributed by atoms with Gasteiger partial charge in [-0.1, -0.05) is 49.7 Å². The molecular formula is C22H27ClN2O. The number of hydrogen-bond acceptors (Lipinski definition) is 2. The maximum Gasteiger partial charge on any atom is 0.165 e. The predicted molar refractivity (Wildman–Crippen MR) is 113 cm³/mol. The summed E-state index contributed by atoms with van der Waals surface area (Å²) in [6, 6.07) is 16.4. The second-order valence-electron chi connectivity index (χ2n) is 6.42. The van der Waals surface area contributed by atoms with Gasteiger partial charge in [0.15, 0.2) is 5.78 Å². The van der Waals surface area contributed by atoms with E-state index in [-0.39, 0.29) is 18.2 Å². The minimum atomic E-state index is 0. The number of para-hydroxylation sites is 2. The normalized spacial score (nSPS) is 10.5. The summed E-state index contributed by atoms with van der Waals surface area (Å²) < 4.78 is 0. The van der Waals surface area contributed by atoms with Crippen LogP contribution in [0, 0.1) is 0 Å². The van der Waals surface area contributed by atoms with Gasteiger partial charge >= 0.3 is 0 Å². The highest BCUT2D eigenvalue weighted by atomic mass is 35.5. The predicted octanol–water partition coefficient (Wildman–Crippen LogP) is 6.01. The highest BCUT2D eigenvalue weighted by Gasteiger charge is 2.11. The van der Waals surface area contributed by atoms with Crippen molar-refractivity contribution in [1.82, 2.24) is 4.98 Å². The minimum absolute atomic E-state index is 0. The summed E-state index contributed by atoms with van der Waals surface area (Å²) in [7, 11) is 0. The van der Waals surface area contributed by atoms with Gasteiger partial charge in [0.25, 0.3) is 0 Å². The highest BCUT2D eigenvalue weighted by Crippen LogP contribution is 2.20. The van der Waals surface area contributed by atoms with Crippen LogP contribution in [0.25, 0.3) is 10.9 Å². The first-order chi connectivity index (χ1) is 12.3. The Kier molecular flexibility index (Phi) is 7.73. The van der Waals surface area contributed by atoms with Crippen molar-refractivity contribution in [3.63, 3.8) is 0 Å². The molecule has 0 saturated carbocycles. The van der Waals surface area contributed by atoms with Gasteiger partial charge < -0.3 is 10.3 Å². The first-order valence-corrected chi connectivity index (χ1v) is 9.20. The molecule has 138 valence electrons. The Morgan fingerprint density at radius 2 is 1.77 bits per heavy atom. The van der Waals surface area contributed by atoms with Gasteiger partial charge in [-0.3, -0.25) is 4.79 Å². The Morgan fingerprint density at radius 3 is 2.62 bits per heavy atom. The summed E-state index contributed by atoms with van der Waals surface area (Å²) in [5.41, 5.74) is 4.45. The van der Waals surface area contributed by atoms with Crippen LogP contribution < -0.4 is 5.32 Å². The average molecular weight is 371 g/mol. The van der Waals surface area contributed by atoms with Crippen LogP contribution in [-0.4, -0.2) is 17.3 Å². The van der Waals surface area contributed by atoms with E-state index < -0.39 is 0 Å². The molecule has 26 heavy (non-hydrogen) atoms. The van der Waals surface area contributed by atoms with Crippen molar-refractivity contribution in [2.75, 3.05) is 11.9 Å². The molecule has 0 fully saturated rings. The Balaban J connectivity index is 0.00000243. The van der Waals surface area contributed by atoms with Gasteiger partial charge in [0, 0.05) is 41.3 Å². The van der Waals surface area contributed by atoms with Gasteiger partial charge in [-0.05, 0) is 37.0 Å². The van der Waals surface area contributed by atoms with Crippen LogP contribution >= 0.6 is 12.4 Å². The first-order valence-electron chi connectivity index (χ1n) is 9.20. The van der Waals surface area contributed by atoms with E-state index in [9.17, 15) is 4.79 Å². The molecule has 0 aliphatic carbocycles. The quantitative estimate of drug-likeness (QED) is 0.358. The Bertz CT molecular complexity index is 841. The maximum atomic E-state index is 12.4. The maximum absolute atomic E-state index is 12.4. The van der Waals surface area contributed by atoms with E-state index in [0.717, 1.165) is 48.7 Å². The third kappa shape index (κ3) is 4.89. The van der Waals surface area contributed by atoms with Gasteiger partial charge in [0.1, 0.15) is 0 Å². The molecule has 0 radical (unpaired) electrons. The number of carbonyl (C=O) groups excluding carboxylic acids is 1. The van der Waals surface area contributed by atoms with E-state index in [2.05, 4.69) is 41.5 Å². The zero-order chi connectivity index (χ0) is 17.5. The van der Waals surface area contributed by atoms with Crippen LogP contribution in [0.3, 0.4) is 0 Å². The van der Waals surface area contributed by atoms with Crippen molar-refractivity contribution in [3.8, 4) is 0 Å². The van der Waals surface area contributed by atoms with Crippen molar-refractivity contribution in [2.45, 2.75) is 39.0 Å². The largest absolute Gasteiger partial charge is 0.385 e. The van der Waals surface area contributed by atoms with E-state index in [4.69, 9.17) is 0 Å². The van der Waals surface area contributed by atoms with Gasteiger partial charge in [-0.25, -0.2) is 0 Å². The van der Waals surface area contributed by atoms with E-state index in [1.54, 1.807) is 0 Å². The van der Waals surface area contributed by atoms with Gasteiger partial charge in [0.2, 0.25) is 0 Å². The zero-order valence-electron chi connectivity index (χ0n) is 15.3. The van der Waals surface area contributed by atoms with E-state index in [0.29, 0.717) is 6.42 Å². The second kappa shape index (κ2) is 10.0. The summed E-state index contributed by atoms with van der Waals surface area (Å²) in [4.78, 5) is 15.6. The lowest BCUT2D eigenvalue weighted by molar-refractivity contribution is 0.0981. The number of fused-ring (bicyclic) bond motifs is 1. The van der Waals surface area contributed by atoms with Gasteiger partial charge in [0.05, 0.1) is 0 Å². The third-order valence-corrected chi connectivity index (χ3v) is 4.68. The van der Waals surface area contributed by atoms with Crippen molar-refractivity contribution in [1.29, 1.82) is 0 Å². The molecule has 4 heteroatoms. The van der Waals surface area contributed by atoms with Crippen LogP contribution in [0.1, 0.15) is 48.5 Å². The molecule has 0 unspecified atom stereocenters. The van der Waals surface area contributed by atoms with Crippen LogP contribution in [-0.2, 0) is 6.42 Å². The van der Waals surface area contributed by atoms with E-state index >= 15 is 0 Å². The molecule has 1 aromatic heterocycles. The Morgan fingerprint density at radius 1 is 1.00 bits per heavy atom. The molecule has 0 saturated heterocycles. The number of benzene rings is 2. The summed E-state index contributed by atoms with van der Waals surface area (Å²) in [5, 5.41) is 4.55. The molecular weight excluding hydrogens is 344 g/mol. The standard InChI is InChI=1S/C22H26N2O.ClH/c1-2-17-10-5-7-12-20(17)23-15-9-3-4-14-22(25)19-16-24-21-13-8-6-11-18(19)21;/h5-8,10-13,16,23-24H,2-4,9,14-15H2,1H3;1H. The molecule has 2 aromatic carbocycles. The molecule has 0 bridgehead atoms. The van der Waals surface area contributed by atoms with E-state index in [1.807, 2.05) is 30.5 Å². The lowest BCUT2D eigenvalue weighted by Gasteiger charge is -2.10. The summed E-state index contributed by atoms with van der Waals surface area (Å²) in [6.45, 7) is 3.13. The number of H-pyrrole nitrogens is 1. The molecule has 0 amide bonds. The lowest BCUT2D eigenvalue weighted by Crippen LogP contribution is -2.04. The number of hydrogen-bond donors (Lipinski definition) is 2.